The molecule has 0 aliphatic carbocycles. The monoisotopic (exact) mass is 334 g/mol. The van der Waals surface area contributed by atoms with Crippen molar-refractivity contribution in [2.45, 2.75) is 51.5 Å². The highest BCUT2D eigenvalue weighted by molar-refractivity contribution is 5.94. The van der Waals surface area contributed by atoms with Gasteiger partial charge in [-0.3, -0.25) is 4.79 Å². The second kappa shape index (κ2) is 7.50. The zero-order valence-corrected chi connectivity index (χ0v) is 14.9. The molecule has 0 atom stereocenters. The molecule has 2 heterocycles. The summed E-state index contributed by atoms with van der Waals surface area (Å²) in [6, 6.07) is 8.49. The number of halogens is 1. The van der Waals surface area contributed by atoms with Crippen LogP contribution in [0.1, 0.15) is 50.7 Å². The highest BCUT2D eigenvalue weighted by Gasteiger charge is 2.32. The first-order valence-electron chi connectivity index (χ1n) is 8.50. The number of carbonyl (C=O) groups excluding carboxylic acids is 1. The minimum atomic E-state index is 0. The number of nitrogens with zero attached hydrogens (tertiary/aromatic N) is 1. The molecule has 1 aromatic carbocycles. The molecule has 2 aliphatic rings. The summed E-state index contributed by atoms with van der Waals surface area (Å²) in [5.74, 6) is 0.181. The van der Waals surface area contributed by atoms with Gasteiger partial charge in [0.05, 0.1) is 11.6 Å². The van der Waals surface area contributed by atoms with Crippen LogP contribution < -0.4 is 17.7 Å². The summed E-state index contributed by atoms with van der Waals surface area (Å²) >= 11 is 0. The van der Waals surface area contributed by atoms with Gasteiger partial charge < -0.3 is 22.6 Å². The van der Waals surface area contributed by atoms with Gasteiger partial charge in [-0.25, -0.2) is 0 Å². The van der Waals surface area contributed by atoms with E-state index >= 15 is 0 Å². The minimum absolute atomic E-state index is 0. The Morgan fingerprint density at radius 1 is 1.13 bits per heavy atom. The third-order valence-corrected chi connectivity index (χ3v) is 4.72. The van der Waals surface area contributed by atoms with Crippen LogP contribution in [0.4, 0.5) is 0 Å². The fourth-order valence-electron chi connectivity index (χ4n) is 3.63. The summed E-state index contributed by atoms with van der Waals surface area (Å²) in [6.45, 7) is 6.31. The van der Waals surface area contributed by atoms with Gasteiger partial charge >= 0.3 is 0 Å². The number of amides is 1. The van der Waals surface area contributed by atoms with Crippen LogP contribution >= 0.6 is 0 Å². The van der Waals surface area contributed by atoms with E-state index in [-0.39, 0.29) is 23.9 Å². The summed E-state index contributed by atoms with van der Waals surface area (Å²) in [4.78, 5) is 14.7. The zero-order valence-electron chi connectivity index (χ0n) is 14.1. The average Bonchev–Trinajstić information content (AvgIpc) is 2.75. The second-order valence-corrected chi connectivity index (χ2v) is 7.31. The summed E-state index contributed by atoms with van der Waals surface area (Å²) < 4.78 is 0. The van der Waals surface area contributed by atoms with Crippen LogP contribution in [0.2, 0.25) is 0 Å². The van der Waals surface area contributed by atoms with E-state index < -0.39 is 0 Å². The quantitative estimate of drug-likeness (QED) is 0.680. The Bertz CT molecular complexity index is 587. The van der Waals surface area contributed by atoms with E-state index in [0.29, 0.717) is 0 Å². The van der Waals surface area contributed by atoms with E-state index in [2.05, 4.69) is 43.4 Å². The van der Waals surface area contributed by atoms with Crippen LogP contribution in [0.5, 0.6) is 0 Å². The molecule has 3 rings (SSSR count). The Labute approximate surface area is 145 Å². The van der Waals surface area contributed by atoms with Crippen LogP contribution in [-0.2, 0) is 11.2 Å². The highest BCUT2D eigenvalue weighted by atomic mass is 35.5. The first-order chi connectivity index (χ1) is 10.6. The van der Waals surface area contributed by atoms with Crippen molar-refractivity contribution in [2.75, 3.05) is 13.1 Å². The number of benzene rings is 1. The Morgan fingerprint density at radius 2 is 1.78 bits per heavy atom. The number of hydrogen-bond acceptors (Lipinski definition) is 1. The van der Waals surface area contributed by atoms with E-state index in [0.717, 1.165) is 38.0 Å². The number of hydrogen-bond donors (Lipinski definition) is 1. The molecule has 4 heteroatoms. The number of nitrogens with two attached hydrogens (primary N) is 1. The third kappa shape index (κ3) is 4.36. The van der Waals surface area contributed by atoms with Crippen LogP contribution in [0.25, 0.3) is 5.70 Å². The summed E-state index contributed by atoms with van der Waals surface area (Å²) in [6.07, 6.45) is 7.69. The Kier molecular flexibility index (Phi) is 5.88. The van der Waals surface area contributed by atoms with Crippen LogP contribution in [0, 0.1) is 0 Å². The van der Waals surface area contributed by atoms with E-state index in [1.807, 2.05) is 11.0 Å². The van der Waals surface area contributed by atoms with Crippen molar-refractivity contribution in [1.82, 2.24) is 4.90 Å². The lowest BCUT2D eigenvalue weighted by atomic mass is 9.86. The molecule has 0 bridgehead atoms. The van der Waals surface area contributed by atoms with Gasteiger partial charge in [0, 0.05) is 25.1 Å². The molecule has 0 radical (unpaired) electrons. The fourth-order valence-corrected chi connectivity index (χ4v) is 3.63. The average molecular weight is 335 g/mol. The Balaban J connectivity index is 0.00000192. The van der Waals surface area contributed by atoms with Gasteiger partial charge in [0.2, 0.25) is 0 Å². The van der Waals surface area contributed by atoms with Gasteiger partial charge in [-0.05, 0) is 38.3 Å². The maximum atomic E-state index is 12.7. The summed E-state index contributed by atoms with van der Waals surface area (Å²) in [5.41, 5.74) is 3.79. The lowest BCUT2D eigenvalue weighted by molar-refractivity contribution is -0.641. The number of likely N-dealkylation sites (tertiary alicyclic amines) is 1. The number of fused-ring (bicyclic) bond motifs is 1. The smallest absolute Gasteiger partial charge is 0.252 e. The highest BCUT2D eigenvalue weighted by Crippen LogP contribution is 2.24. The molecular formula is C19H27ClN2O. The molecule has 1 aromatic rings. The first kappa shape index (κ1) is 18.0. The molecule has 0 unspecified atom stereocenters. The standard InChI is InChI=1S/C19H26N2O.ClH/c1-19(2)14-15-9-5-6-10-16(15)17(20-19)13-18(22)21-11-7-3-4-8-12-21;/h5-6,9-10,13,20H,3-4,7-8,11-12,14H2,1-2H3;1H. The minimum Gasteiger partial charge on any atom is -1.00 e. The Morgan fingerprint density at radius 3 is 2.48 bits per heavy atom. The predicted octanol–water partition coefficient (Wildman–Crippen LogP) is -0.668. The van der Waals surface area contributed by atoms with E-state index in [9.17, 15) is 4.79 Å². The van der Waals surface area contributed by atoms with Gasteiger partial charge in [0.1, 0.15) is 5.70 Å². The zero-order chi connectivity index (χ0) is 15.6. The van der Waals surface area contributed by atoms with Gasteiger partial charge in [-0.1, -0.05) is 31.0 Å². The van der Waals surface area contributed by atoms with Crippen LogP contribution in [-0.4, -0.2) is 29.4 Å². The molecule has 1 fully saturated rings. The largest absolute Gasteiger partial charge is 1.00 e. The molecule has 1 saturated heterocycles. The van der Waals surface area contributed by atoms with Gasteiger partial charge in [-0.2, -0.15) is 0 Å². The molecule has 2 aliphatic heterocycles. The maximum Gasteiger partial charge on any atom is 0.252 e. The van der Waals surface area contributed by atoms with E-state index in [4.69, 9.17) is 0 Å². The van der Waals surface area contributed by atoms with E-state index in [1.165, 1.54) is 24.0 Å². The molecule has 1 amide bonds. The van der Waals surface area contributed by atoms with Crippen LogP contribution in [0.3, 0.4) is 0 Å². The second-order valence-electron chi connectivity index (χ2n) is 7.31. The first-order valence-corrected chi connectivity index (χ1v) is 8.50. The van der Waals surface area contributed by atoms with Crippen molar-refractivity contribution < 1.29 is 22.5 Å². The molecule has 0 spiro atoms. The van der Waals surface area contributed by atoms with Crippen molar-refractivity contribution in [1.29, 1.82) is 0 Å². The molecule has 3 nitrogen and oxygen atoms in total. The van der Waals surface area contributed by atoms with Crippen molar-refractivity contribution in [3.8, 4) is 0 Å². The van der Waals surface area contributed by atoms with Gasteiger partial charge in [-0.15, -0.1) is 0 Å². The number of rotatable bonds is 1. The summed E-state index contributed by atoms with van der Waals surface area (Å²) in [5, 5.41) is 2.27. The number of quaternary nitrogens is 1. The molecule has 0 aromatic heterocycles. The SMILES string of the molecule is CC1(C)Cc2ccccc2C(=CC(=O)N2CCCCCC2)[NH2+]1.[Cl-]. The van der Waals surface area contributed by atoms with Crippen LogP contribution in [0.15, 0.2) is 30.3 Å². The topological polar surface area (TPSA) is 36.9 Å². The Hall–Kier alpha value is -1.32. The van der Waals surface area contributed by atoms with E-state index in [1.54, 1.807) is 0 Å². The maximum absolute atomic E-state index is 12.7. The number of carbonyl (C=O) groups is 1. The normalized spacial score (nSPS) is 22.0. The van der Waals surface area contributed by atoms with Gasteiger partial charge in [0.15, 0.2) is 0 Å². The lowest BCUT2D eigenvalue weighted by Crippen LogP contribution is -3.00. The fraction of sp³-hybridized carbons (Fsp3) is 0.526. The van der Waals surface area contributed by atoms with Gasteiger partial charge in [0.25, 0.3) is 5.91 Å². The van der Waals surface area contributed by atoms with Crippen molar-refractivity contribution >= 4 is 11.6 Å². The molecule has 126 valence electrons. The molecule has 0 saturated carbocycles. The van der Waals surface area contributed by atoms with Crippen molar-refractivity contribution in [2.24, 2.45) is 0 Å². The molecular weight excluding hydrogens is 308 g/mol. The predicted molar refractivity (Wildman–Crippen MR) is 89.2 cm³/mol. The summed E-state index contributed by atoms with van der Waals surface area (Å²) in [7, 11) is 0. The lowest BCUT2D eigenvalue weighted by Gasteiger charge is -2.31. The molecule has 2 N–H and O–H groups in total. The third-order valence-electron chi connectivity index (χ3n) is 4.72. The van der Waals surface area contributed by atoms with Crippen molar-refractivity contribution in [3.63, 3.8) is 0 Å². The molecule has 23 heavy (non-hydrogen) atoms. The van der Waals surface area contributed by atoms with Crippen molar-refractivity contribution in [3.05, 3.63) is 41.5 Å².